The van der Waals surface area contributed by atoms with Crippen molar-refractivity contribution in [1.82, 2.24) is 36.1 Å². The number of nitrogens with zero attached hydrogens (tertiary/aromatic N) is 3. The highest BCUT2D eigenvalue weighted by atomic mass is 16.2. The van der Waals surface area contributed by atoms with E-state index in [0.29, 0.717) is 25.8 Å². The molecule has 270 valence electrons. The molecule has 3 fully saturated rings. The van der Waals surface area contributed by atoms with Crippen LogP contribution < -0.4 is 21.3 Å². The molecule has 0 unspecified atom stereocenters. The average Bonchev–Trinajstić information content (AvgIpc) is 3.91. The van der Waals surface area contributed by atoms with Crippen LogP contribution in [0.3, 0.4) is 0 Å². The van der Waals surface area contributed by atoms with E-state index in [9.17, 15) is 28.8 Å². The lowest BCUT2D eigenvalue weighted by Gasteiger charge is -2.35. The fraction of sp³-hybridized carbons (Fsp3) is 0.722. The van der Waals surface area contributed by atoms with Crippen molar-refractivity contribution in [2.75, 3.05) is 13.1 Å². The monoisotopic (exact) mass is 681 g/mol. The summed E-state index contributed by atoms with van der Waals surface area (Å²) in [4.78, 5) is 89.5. The molecule has 13 nitrogen and oxygen atoms in total. The smallest absolute Gasteiger partial charge is 0.289 e. The number of carbonyl (C=O) groups excluding carboxylic acids is 6. The largest absolute Gasteiger partial charge is 0.354 e. The van der Waals surface area contributed by atoms with Crippen LogP contribution in [0.4, 0.5) is 0 Å². The zero-order valence-corrected chi connectivity index (χ0v) is 29.8. The molecule has 13 heteroatoms. The van der Waals surface area contributed by atoms with E-state index in [4.69, 9.17) is 0 Å². The van der Waals surface area contributed by atoms with Gasteiger partial charge in [-0.25, -0.2) is 4.98 Å². The minimum atomic E-state index is -0.893. The first-order chi connectivity index (χ1) is 23.3. The Balaban J connectivity index is 1.41. The second kappa shape index (κ2) is 17.2. The first-order valence-electron chi connectivity index (χ1n) is 18.1. The molecule has 3 aliphatic rings. The fourth-order valence-corrected chi connectivity index (χ4v) is 6.98. The van der Waals surface area contributed by atoms with E-state index >= 15 is 0 Å². The van der Waals surface area contributed by atoms with Gasteiger partial charge in [0.05, 0.1) is 6.20 Å². The van der Waals surface area contributed by atoms with Gasteiger partial charge in [-0.2, -0.15) is 0 Å². The van der Waals surface area contributed by atoms with Gasteiger partial charge in [-0.3, -0.25) is 33.8 Å². The third-order valence-corrected chi connectivity index (χ3v) is 10.2. The Labute approximate surface area is 289 Å². The number of ketones is 1. The summed E-state index contributed by atoms with van der Waals surface area (Å²) in [5, 5.41) is 11.6. The Hall–Kier alpha value is -3.90. The molecule has 5 amide bonds. The number of carbonyl (C=O) groups is 6. The highest BCUT2D eigenvalue weighted by molar-refractivity contribution is 6.38. The molecule has 2 heterocycles. The van der Waals surface area contributed by atoms with Crippen molar-refractivity contribution in [2.45, 2.75) is 129 Å². The lowest BCUT2D eigenvalue weighted by Crippen LogP contribution is -2.60. The van der Waals surface area contributed by atoms with Gasteiger partial charge in [0.15, 0.2) is 0 Å². The number of amides is 5. The zero-order chi connectivity index (χ0) is 35.7. The van der Waals surface area contributed by atoms with E-state index in [1.165, 1.54) is 18.6 Å². The maximum atomic E-state index is 13.9. The Morgan fingerprint density at radius 2 is 1.67 bits per heavy atom. The Morgan fingerprint density at radius 1 is 0.959 bits per heavy atom. The van der Waals surface area contributed by atoms with Crippen molar-refractivity contribution in [1.29, 1.82) is 0 Å². The topological polar surface area (TPSA) is 180 Å². The summed E-state index contributed by atoms with van der Waals surface area (Å²) in [5.41, 5.74) is -0.537. The predicted octanol–water partition coefficient (Wildman–Crippen LogP) is 2.69. The van der Waals surface area contributed by atoms with Crippen LogP contribution in [0.1, 0.15) is 116 Å². The van der Waals surface area contributed by atoms with Crippen molar-refractivity contribution in [3.63, 3.8) is 0 Å². The van der Waals surface area contributed by atoms with Crippen molar-refractivity contribution in [3.8, 4) is 0 Å². The normalized spacial score (nSPS) is 22.2. The van der Waals surface area contributed by atoms with Crippen molar-refractivity contribution >= 4 is 35.3 Å². The van der Waals surface area contributed by atoms with E-state index in [1.807, 2.05) is 34.6 Å². The van der Waals surface area contributed by atoms with E-state index in [2.05, 4.69) is 31.2 Å². The number of rotatable bonds is 14. The van der Waals surface area contributed by atoms with Gasteiger partial charge in [-0.05, 0) is 61.7 Å². The quantitative estimate of drug-likeness (QED) is 0.217. The first-order valence-corrected chi connectivity index (χ1v) is 18.1. The second-order valence-electron chi connectivity index (χ2n) is 15.2. The van der Waals surface area contributed by atoms with Crippen LogP contribution in [0.25, 0.3) is 0 Å². The molecule has 1 aromatic rings. The number of nitrogens with one attached hydrogen (secondary N) is 4. The van der Waals surface area contributed by atoms with Gasteiger partial charge in [0.25, 0.3) is 11.8 Å². The molecule has 1 aromatic heterocycles. The number of hydrogen-bond acceptors (Lipinski definition) is 8. The lowest BCUT2D eigenvalue weighted by atomic mass is 9.82. The Morgan fingerprint density at radius 3 is 2.29 bits per heavy atom. The van der Waals surface area contributed by atoms with Crippen molar-refractivity contribution in [2.24, 2.45) is 23.2 Å². The van der Waals surface area contributed by atoms with E-state index in [-0.39, 0.29) is 54.3 Å². The standard InChI is InChI=1S/C36H55N7O6/c1-6-10-27(30(45)34(48)40-25-13-14-25)43-18-15-24(22(2)19-28(43)44)20-39-35(49)31(36(3,4)5)42-33(47)29(23-11-8-7-9-12-23)41-32(46)26-21-37-16-17-38-26/h16-17,21-25,27,29,31H,6-15,18-20H2,1-5H3,(H,39,49)(H,40,48)(H,41,46)(H,42,47)/t22-,24+,27+,29+,31-/m1/s1. The van der Waals surface area contributed by atoms with Gasteiger partial charge in [0.1, 0.15) is 23.8 Å². The molecular formula is C36H55N7O6. The molecule has 2 saturated carbocycles. The molecule has 1 aliphatic heterocycles. The summed E-state index contributed by atoms with van der Waals surface area (Å²) in [5.74, 6) is -2.82. The van der Waals surface area contributed by atoms with Gasteiger partial charge < -0.3 is 26.2 Å². The van der Waals surface area contributed by atoms with E-state index in [1.54, 1.807) is 4.90 Å². The Kier molecular flexibility index (Phi) is 13.3. The van der Waals surface area contributed by atoms with E-state index < -0.39 is 47.0 Å². The van der Waals surface area contributed by atoms with E-state index in [0.717, 1.165) is 44.9 Å². The van der Waals surface area contributed by atoms with Crippen LogP contribution in [0.5, 0.6) is 0 Å². The van der Waals surface area contributed by atoms with Crippen molar-refractivity contribution in [3.05, 3.63) is 24.3 Å². The second-order valence-corrected chi connectivity index (χ2v) is 15.2. The van der Waals surface area contributed by atoms with Gasteiger partial charge >= 0.3 is 0 Å². The summed E-state index contributed by atoms with van der Waals surface area (Å²) >= 11 is 0. The number of Topliss-reactive ketones (excluding diaryl/α,β-unsaturated/α-hetero) is 1. The van der Waals surface area contributed by atoms with Gasteiger partial charge in [0.2, 0.25) is 23.5 Å². The first kappa shape index (κ1) is 37.9. The maximum absolute atomic E-state index is 13.9. The molecule has 0 bridgehead atoms. The highest BCUT2D eigenvalue weighted by Gasteiger charge is 2.40. The van der Waals surface area contributed by atoms with Gasteiger partial charge in [-0.1, -0.05) is 60.3 Å². The number of hydrogen-bond donors (Lipinski definition) is 4. The predicted molar refractivity (Wildman–Crippen MR) is 183 cm³/mol. The fourth-order valence-electron chi connectivity index (χ4n) is 6.98. The SMILES string of the molecule is CCC[C@@H](C(=O)C(=O)NC1CC1)N1CC[C@@H](CNC(=O)[C@@H](NC(=O)[C@@H](NC(=O)c2cnccn2)C2CCCCC2)C(C)(C)C)[C@H](C)CC1=O. The molecule has 0 radical (unpaired) electrons. The third-order valence-electron chi connectivity index (χ3n) is 10.2. The number of likely N-dealkylation sites (tertiary alicyclic amines) is 1. The van der Waals surface area contributed by atoms with Gasteiger partial charge in [-0.15, -0.1) is 0 Å². The molecule has 4 N–H and O–H groups in total. The molecule has 49 heavy (non-hydrogen) atoms. The van der Waals surface area contributed by atoms with Crippen LogP contribution in [0, 0.1) is 23.2 Å². The molecule has 1 saturated heterocycles. The average molecular weight is 682 g/mol. The lowest BCUT2D eigenvalue weighted by molar-refractivity contribution is -0.146. The third kappa shape index (κ3) is 10.5. The zero-order valence-electron chi connectivity index (χ0n) is 29.8. The van der Waals surface area contributed by atoms with Gasteiger partial charge in [0, 0.05) is 37.9 Å². The minimum Gasteiger partial charge on any atom is -0.354 e. The molecule has 4 rings (SSSR count). The molecule has 2 aliphatic carbocycles. The summed E-state index contributed by atoms with van der Waals surface area (Å²) in [6, 6.07) is -2.48. The molecule has 5 atom stereocenters. The molecule has 0 aromatic carbocycles. The summed E-state index contributed by atoms with van der Waals surface area (Å²) in [6.07, 6.45) is 12.4. The summed E-state index contributed by atoms with van der Waals surface area (Å²) in [7, 11) is 0. The van der Waals surface area contributed by atoms with Crippen LogP contribution in [-0.2, 0) is 24.0 Å². The van der Waals surface area contributed by atoms with Crippen LogP contribution in [-0.4, -0.2) is 87.4 Å². The Bertz CT molecular complexity index is 1340. The molecular weight excluding hydrogens is 626 g/mol. The summed E-state index contributed by atoms with van der Waals surface area (Å²) < 4.78 is 0. The highest BCUT2D eigenvalue weighted by Crippen LogP contribution is 2.29. The van der Waals surface area contributed by atoms with Crippen LogP contribution in [0.2, 0.25) is 0 Å². The van der Waals surface area contributed by atoms with Crippen LogP contribution >= 0.6 is 0 Å². The summed E-state index contributed by atoms with van der Waals surface area (Å²) in [6.45, 7) is 10.1. The maximum Gasteiger partial charge on any atom is 0.289 e. The van der Waals surface area contributed by atoms with Crippen LogP contribution in [0.15, 0.2) is 18.6 Å². The van der Waals surface area contributed by atoms with Crippen molar-refractivity contribution < 1.29 is 28.8 Å². The molecule has 0 spiro atoms. The number of aromatic nitrogens is 2. The minimum absolute atomic E-state index is 0.0503.